The topological polar surface area (TPSA) is 89.3 Å². The van der Waals surface area contributed by atoms with Gasteiger partial charge in [-0.05, 0) is 34.7 Å². The lowest BCUT2D eigenvalue weighted by Gasteiger charge is -2.06. The fourth-order valence-electron chi connectivity index (χ4n) is 1.26. The van der Waals surface area contributed by atoms with Crippen molar-refractivity contribution in [3.63, 3.8) is 0 Å². The molecule has 0 atom stereocenters. The standard InChI is InChI=1S/C9H8IN5O/c10-6-4-13-15(5-6)7-2-1-3-12-8(7)9(11)14-16/h1-5,16H,(H2,11,14). The summed E-state index contributed by atoms with van der Waals surface area (Å²) < 4.78 is 2.62. The van der Waals surface area contributed by atoms with Crippen molar-refractivity contribution in [3.8, 4) is 5.69 Å². The van der Waals surface area contributed by atoms with Crippen LogP contribution in [0.25, 0.3) is 5.69 Å². The Morgan fingerprint density at radius 1 is 1.56 bits per heavy atom. The lowest BCUT2D eigenvalue weighted by Crippen LogP contribution is -2.18. The first-order valence-electron chi connectivity index (χ1n) is 4.36. The summed E-state index contributed by atoms with van der Waals surface area (Å²) in [5.74, 6) is -0.0406. The van der Waals surface area contributed by atoms with Crippen molar-refractivity contribution >= 4 is 28.4 Å². The SMILES string of the molecule is N/C(=N/O)c1ncccc1-n1cc(I)cn1. The molecular formula is C9H8IN5O. The van der Waals surface area contributed by atoms with E-state index in [0.717, 1.165) is 3.57 Å². The highest BCUT2D eigenvalue weighted by Crippen LogP contribution is 2.12. The molecule has 82 valence electrons. The molecule has 6 nitrogen and oxygen atoms in total. The van der Waals surface area contributed by atoms with E-state index in [0.29, 0.717) is 11.4 Å². The third-order valence-corrected chi connectivity index (χ3v) is 2.49. The fraction of sp³-hybridized carbons (Fsp3) is 0. The van der Waals surface area contributed by atoms with E-state index < -0.39 is 0 Å². The zero-order valence-electron chi connectivity index (χ0n) is 8.08. The Hall–Kier alpha value is -1.64. The third-order valence-electron chi connectivity index (χ3n) is 1.93. The van der Waals surface area contributed by atoms with E-state index in [1.807, 2.05) is 6.20 Å². The van der Waals surface area contributed by atoms with Crippen LogP contribution in [0.5, 0.6) is 0 Å². The third kappa shape index (κ3) is 1.98. The molecule has 0 saturated heterocycles. The second-order valence-corrected chi connectivity index (χ2v) is 4.21. The van der Waals surface area contributed by atoms with Crippen molar-refractivity contribution in [2.75, 3.05) is 0 Å². The zero-order valence-corrected chi connectivity index (χ0v) is 10.2. The molecule has 0 amide bonds. The molecule has 0 saturated carbocycles. The molecule has 0 aliphatic heterocycles. The molecule has 2 rings (SSSR count). The normalized spacial score (nSPS) is 11.7. The van der Waals surface area contributed by atoms with E-state index in [1.54, 1.807) is 29.2 Å². The predicted molar refractivity (Wildman–Crippen MR) is 66.6 cm³/mol. The average molecular weight is 329 g/mol. The largest absolute Gasteiger partial charge is 0.409 e. The highest BCUT2D eigenvalue weighted by atomic mass is 127. The van der Waals surface area contributed by atoms with Gasteiger partial charge < -0.3 is 10.9 Å². The van der Waals surface area contributed by atoms with Crippen molar-refractivity contribution in [3.05, 3.63) is 40.0 Å². The Labute approximate surface area is 105 Å². The molecule has 16 heavy (non-hydrogen) atoms. The van der Waals surface area contributed by atoms with E-state index in [9.17, 15) is 0 Å². The van der Waals surface area contributed by atoms with Crippen LogP contribution >= 0.6 is 22.6 Å². The van der Waals surface area contributed by atoms with Gasteiger partial charge in [-0.3, -0.25) is 4.98 Å². The van der Waals surface area contributed by atoms with E-state index in [4.69, 9.17) is 10.9 Å². The Bertz CT molecular complexity index is 536. The minimum absolute atomic E-state index is 0.0406. The molecule has 0 spiro atoms. The summed E-state index contributed by atoms with van der Waals surface area (Å²) in [6, 6.07) is 3.56. The molecule has 0 fully saturated rings. The van der Waals surface area contributed by atoms with Gasteiger partial charge in [0.15, 0.2) is 5.84 Å². The van der Waals surface area contributed by atoms with Gasteiger partial charge in [-0.15, -0.1) is 0 Å². The van der Waals surface area contributed by atoms with Crippen LogP contribution < -0.4 is 5.73 Å². The zero-order chi connectivity index (χ0) is 11.5. The minimum Gasteiger partial charge on any atom is -0.409 e. The lowest BCUT2D eigenvalue weighted by atomic mass is 10.3. The number of oxime groups is 1. The smallest absolute Gasteiger partial charge is 0.190 e. The summed E-state index contributed by atoms with van der Waals surface area (Å²) in [6.45, 7) is 0. The summed E-state index contributed by atoms with van der Waals surface area (Å²) in [6.07, 6.45) is 5.11. The van der Waals surface area contributed by atoms with Gasteiger partial charge in [0.2, 0.25) is 0 Å². The van der Waals surface area contributed by atoms with Gasteiger partial charge in [0.1, 0.15) is 5.69 Å². The Kier molecular flexibility index (Phi) is 3.04. The van der Waals surface area contributed by atoms with Crippen LogP contribution in [0.3, 0.4) is 0 Å². The first-order valence-corrected chi connectivity index (χ1v) is 5.43. The van der Waals surface area contributed by atoms with Gasteiger partial charge >= 0.3 is 0 Å². The average Bonchev–Trinajstić information content (AvgIpc) is 2.75. The molecule has 2 heterocycles. The van der Waals surface area contributed by atoms with E-state index >= 15 is 0 Å². The molecule has 0 aromatic carbocycles. The number of hydrogen-bond donors (Lipinski definition) is 2. The molecule has 3 N–H and O–H groups in total. The second kappa shape index (κ2) is 4.47. The maximum absolute atomic E-state index is 8.66. The van der Waals surface area contributed by atoms with Gasteiger partial charge in [-0.25, -0.2) is 4.68 Å². The molecule has 0 unspecified atom stereocenters. The molecule has 0 aliphatic rings. The summed E-state index contributed by atoms with van der Waals surface area (Å²) in [5.41, 5.74) is 6.59. The number of aromatic nitrogens is 3. The maximum Gasteiger partial charge on any atom is 0.190 e. The molecule has 0 aliphatic carbocycles. The second-order valence-electron chi connectivity index (χ2n) is 2.96. The first-order chi connectivity index (χ1) is 7.72. The number of nitrogens with two attached hydrogens (primary N) is 1. The van der Waals surface area contributed by atoms with Crippen LogP contribution in [-0.2, 0) is 0 Å². The molecule has 2 aromatic rings. The number of hydrogen-bond acceptors (Lipinski definition) is 4. The molecule has 7 heteroatoms. The number of nitrogens with zero attached hydrogens (tertiary/aromatic N) is 4. The number of amidine groups is 1. The summed E-state index contributed by atoms with van der Waals surface area (Å²) >= 11 is 2.15. The molecular weight excluding hydrogens is 321 g/mol. The Morgan fingerprint density at radius 3 is 3.00 bits per heavy atom. The maximum atomic E-state index is 8.66. The highest BCUT2D eigenvalue weighted by molar-refractivity contribution is 14.1. The lowest BCUT2D eigenvalue weighted by molar-refractivity contribution is 0.318. The van der Waals surface area contributed by atoms with Crippen LogP contribution in [-0.4, -0.2) is 25.8 Å². The van der Waals surface area contributed by atoms with Crippen molar-refractivity contribution < 1.29 is 5.21 Å². The molecule has 2 aromatic heterocycles. The van der Waals surface area contributed by atoms with Gasteiger partial charge in [0, 0.05) is 12.4 Å². The molecule has 0 radical (unpaired) electrons. The number of halogens is 1. The highest BCUT2D eigenvalue weighted by Gasteiger charge is 2.10. The Morgan fingerprint density at radius 2 is 2.38 bits per heavy atom. The first kappa shape index (κ1) is 10.9. The van der Waals surface area contributed by atoms with Gasteiger partial charge in [0.05, 0.1) is 15.5 Å². The Balaban J connectivity index is 2.57. The van der Waals surface area contributed by atoms with Gasteiger partial charge in [-0.2, -0.15) is 5.10 Å². The minimum atomic E-state index is -0.0406. The number of pyridine rings is 1. The van der Waals surface area contributed by atoms with Crippen molar-refractivity contribution in [2.45, 2.75) is 0 Å². The van der Waals surface area contributed by atoms with Crippen LogP contribution in [0.1, 0.15) is 5.69 Å². The van der Waals surface area contributed by atoms with Crippen LogP contribution in [0.4, 0.5) is 0 Å². The summed E-state index contributed by atoms with van der Waals surface area (Å²) in [4.78, 5) is 4.06. The van der Waals surface area contributed by atoms with E-state index in [1.165, 1.54) is 0 Å². The van der Waals surface area contributed by atoms with Gasteiger partial charge in [0.25, 0.3) is 0 Å². The fourth-order valence-corrected chi connectivity index (χ4v) is 1.65. The summed E-state index contributed by atoms with van der Waals surface area (Å²) in [5, 5.41) is 15.7. The predicted octanol–water partition coefficient (Wildman–Crippen LogP) is 0.966. The quantitative estimate of drug-likeness (QED) is 0.282. The van der Waals surface area contributed by atoms with Gasteiger partial charge in [-0.1, -0.05) is 5.16 Å². The van der Waals surface area contributed by atoms with Crippen LogP contribution in [0.15, 0.2) is 35.9 Å². The molecule has 0 bridgehead atoms. The van der Waals surface area contributed by atoms with Crippen LogP contribution in [0, 0.1) is 3.57 Å². The van der Waals surface area contributed by atoms with Crippen LogP contribution in [0.2, 0.25) is 0 Å². The van der Waals surface area contributed by atoms with Crippen molar-refractivity contribution in [1.82, 2.24) is 14.8 Å². The van der Waals surface area contributed by atoms with E-state index in [2.05, 4.69) is 37.8 Å². The monoisotopic (exact) mass is 329 g/mol. The van der Waals surface area contributed by atoms with Crippen molar-refractivity contribution in [1.29, 1.82) is 0 Å². The van der Waals surface area contributed by atoms with E-state index in [-0.39, 0.29) is 5.84 Å². The van der Waals surface area contributed by atoms with Crippen molar-refractivity contribution in [2.24, 2.45) is 10.9 Å². The summed E-state index contributed by atoms with van der Waals surface area (Å²) in [7, 11) is 0. The number of rotatable bonds is 2.